The second kappa shape index (κ2) is 8.28. The van der Waals surface area contributed by atoms with Crippen molar-refractivity contribution in [3.8, 4) is 5.75 Å². The van der Waals surface area contributed by atoms with Crippen molar-refractivity contribution in [3.05, 3.63) is 59.1 Å². The molecule has 0 unspecified atom stereocenters. The van der Waals surface area contributed by atoms with Gasteiger partial charge in [0, 0.05) is 43.0 Å². The van der Waals surface area contributed by atoms with Gasteiger partial charge in [0.25, 0.3) is 0 Å². The molecule has 1 aliphatic heterocycles. The molecule has 0 radical (unpaired) electrons. The van der Waals surface area contributed by atoms with Crippen molar-refractivity contribution < 1.29 is 4.74 Å². The third-order valence-electron chi connectivity index (χ3n) is 3.62. The Morgan fingerprint density at radius 2 is 1.77 bits per heavy atom. The quantitative estimate of drug-likeness (QED) is 0.918. The lowest BCUT2D eigenvalue weighted by Crippen LogP contribution is -2.43. The van der Waals surface area contributed by atoms with E-state index in [1.165, 1.54) is 5.69 Å². The number of nitrogens with one attached hydrogen (secondary N) is 1. The van der Waals surface area contributed by atoms with Crippen molar-refractivity contribution in [2.45, 2.75) is 6.61 Å². The highest BCUT2D eigenvalue weighted by Gasteiger charge is 2.10. The fourth-order valence-electron chi connectivity index (χ4n) is 2.44. The second-order valence-electron chi connectivity index (χ2n) is 5.15. The summed E-state index contributed by atoms with van der Waals surface area (Å²) in [6.45, 7) is 4.72. The number of hydrogen-bond donors (Lipinski definition) is 1. The zero-order valence-electron chi connectivity index (χ0n) is 12.3. The lowest BCUT2D eigenvalue weighted by atomic mass is 10.2. The first-order valence-corrected chi connectivity index (χ1v) is 7.62. The largest absolute Gasteiger partial charge is 0.489 e. The Morgan fingerprint density at radius 3 is 2.50 bits per heavy atom. The summed E-state index contributed by atoms with van der Waals surface area (Å²) in [6, 6.07) is 16.1. The van der Waals surface area contributed by atoms with Gasteiger partial charge in [-0.05, 0) is 29.8 Å². The maximum absolute atomic E-state index is 5.88. The molecule has 5 heteroatoms. The van der Waals surface area contributed by atoms with E-state index in [0.717, 1.165) is 42.5 Å². The molecule has 1 saturated heterocycles. The first kappa shape index (κ1) is 16.9. The highest BCUT2D eigenvalue weighted by atomic mass is 35.5. The van der Waals surface area contributed by atoms with Gasteiger partial charge in [0.2, 0.25) is 0 Å². The topological polar surface area (TPSA) is 24.5 Å². The van der Waals surface area contributed by atoms with Crippen LogP contribution in [0, 0.1) is 0 Å². The number of rotatable bonds is 4. The molecule has 3 nitrogen and oxygen atoms in total. The molecule has 0 bridgehead atoms. The van der Waals surface area contributed by atoms with E-state index in [2.05, 4.69) is 28.4 Å². The number of ether oxygens (including phenoxy) is 1. The summed E-state index contributed by atoms with van der Waals surface area (Å²) in [5, 5.41) is 4.12. The molecule has 0 saturated carbocycles. The minimum absolute atomic E-state index is 0. The van der Waals surface area contributed by atoms with Gasteiger partial charge in [0.15, 0.2) is 0 Å². The van der Waals surface area contributed by atoms with Gasteiger partial charge in [-0.2, -0.15) is 0 Å². The molecule has 0 aliphatic carbocycles. The van der Waals surface area contributed by atoms with Crippen LogP contribution in [0.2, 0.25) is 5.02 Å². The van der Waals surface area contributed by atoms with Crippen molar-refractivity contribution in [1.29, 1.82) is 0 Å². The smallest absolute Gasteiger partial charge is 0.121 e. The van der Waals surface area contributed by atoms with Crippen molar-refractivity contribution in [2.24, 2.45) is 0 Å². The second-order valence-corrected chi connectivity index (χ2v) is 5.59. The first-order chi connectivity index (χ1) is 10.3. The van der Waals surface area contributed by atoms with E-state index < -0.39 is 0 Å². The van der Waals surface area contributed by atoms with Crippen LogP contribution in [0.25, 0.3) is 0 Å². The average molecular weight is 339 g/mol. The number of halogens is 2. The fourth-order valence-corrected chi connectivity index (χ4v) is 2.57. The van der Waals surface area contributed by atoms with Crippen LogP contribution in [-0.4, -0.2) is 26.2 Å². The molecule has 1 N–H and O–H groups in total. The summed E-state index contributed by atoms with van der Waals surface area (Å²) >= 11 is 5.88. The van der Waals surface area contributed by atoms with E-state index >= 15 is 0 Å². The van der Waals surface area contributed by atoms with Gasteiger partial charge in [0.05, 0.1) is 0 Å². The van der Waals surface area contributed by atoms with Crippen LogP contribution >= 0.6 is 24.0 Å². The lowest BCUT2D eigenvalue weighted by Gasteiger charge is -2.29. The molecule has 3 rings (SSSR count). The number of piperazine rings is 1. The van der Waals surface area contributed by atoms with Crippen molar-refractivity contribution in [2.75, 3.05) is 31.1 Å². The normalized spacial score (nSPS) is 14.3. The summed E-state index contributed by atoms with van der Waals surface area (Å²) in [5.74, 6) is 0.904. The van der Waals surface area contributed by atoms with E-state index in [-0.39, 0.29) is 12.4 Å². The Bertz CT molecular complexity index is 583. The third-order valence-corrected chi connectivity index (χ3v) is 3.87. The molecule has 0 atom stereocenters. The standard InChI is InChI=1S/C17H19ClN2O.ClH/c18-15-6-4-14(5-7-15)13-21-17-3-1-2-16(12-17)20-10-8-19-9-11-20;/h1-7,12,19H,8-11,13H2;1H. The molecular formula is C17H20Cl2N2O. The number of anilines is 1. The molecule has 1 fully saturated rings. The molecule has 2 aromatic carbocycles. The molecule has 22 heavy (non-hydrogen) atoms. The van der Waals surface area contributed by atoms with Crippen LogP contribution in [0.15, 0.2) is 48.5 Å². The van der Waals surface area contributed by atoms with E-state index in [1.54, 1.807) is 0 Å². The summed E-state index contributed by atoms with van der Waals surface area (Å²) < 4.78 is 5.88. The van der Waals surface area contributed by atoms with Gasteiger partial charge in [0.1, 0.15) is 12.4 Å². The molecule has 1 aliphatic rings. The number of benzene rings is 2. The van der Waals surface area contributed by atoms with Gasteiger partial charge < -0.3 is 15.0 Å². The van der Waals surface area contributed by atoms with Gasteiger partial charge in [-0.25, -0.2) is 0 Å². The number of hydrogen-bond acceptors (Lipinski definition) is 3. The van der Waals surface area contributed by atoms with Crippen LogP contribution in [-0.2, 0) is 6.61 Å². The molecular weight excluding hydrogens is 319 g/mol. The Labute approximate surface area is 142 Å². The maximum atomic E-state index is 5.88. The Kier molecular flexibility index (Phi) is 6.37. The first-order valence-electron chi connectivity index (χ1n) is 7.24. The molecule has 118 valence electrons. The summed E-state index contributed by atoms with van der Waals surface area (Å²) in [5.41, 5.74) is 2.34. The summed E-state index contributed by atoms with van der Waals surface area (Å²) in [6.07, 6.45) is 0. The minimum atomic E-state index is 0. The molecule has 0 amide bonds. The van der Waals surface area contributed by atoms with Crippen molar-refractivity contribution >= 4 is 29.7 Å². The molecule has 2 aromatic rings. The van der Waals surface area contributed by atoms with E-state index in [4.69, 9.17) is 16.3 Å². The maximum Gasteiger partial charge on any atom is 0.121 e. The molecule has 0 aromatic heterocycles. The van der Waals surface area contributed by atoms with Crippen LogP contribution in [0.5, 0.6) is 5.75 Å². The highest BCUT2D eigenvalue weighted by Crippen LogP contribution is 2.22. The predicted octanol–water partition coefficient (Wildman–Crippen LogP) is 3.75. The van der Waals surface area contributed by atoms with Crippen LogP contribution in [0.1, 0.15) is 5.56 Å². The van der Waals surface area contributed by atoms with Gasteiger partial charge in [-0.1, -0.05) is 29.8 Å². The van der Waals surface area contributed by atoms with Crippen LogP contribution < -0.4 is 15.0 Å². The van der Waals surface area contributed by atoms with Crippen molar-refractivity contribution in [1.82, 2.24) is 5.32 Å². The van der Waals surface area contributed by atoms with E-state index in [0.29, 0.717) is 6.61 Å². The monoisotopic (exact) mass is 338 g/mol. The van der Waals surface area contributed by atoms with Crippen LogP contribution in [0.3, 0.4) is 0 Å². The van der Waals surface area contributed by atoms with E-state index in [1.807, 2.05) is 30.3 Å². The number of nitrogens with zero attached hydrogens (tertiary/aromatic N) is 1. The molecule has 0 spiro atoms. The fraction of sp³-hybridized carbons (Fsp3) is 0.294. The summed E-state index contributed by atoms with van der Waals surface area (Å²) in [4.78, 5) is 2.38. The van der Waals surface area contributed by atoms with Gasteiger partial charge >= 0.3 is 0 Å². The zero-order chi connectivity index (χ0) is 14.5. The van der Waals surface area contributed by atoms with Gasteiger partial charge in [-0.15, -0.1) is 12.4 Å². The SMILES string of the molecule is Cl.Clc1ccc(COc2cccc(N3CCNCC3)c2)cc1. The summed E-state index contributed by atoms with van der Waals surface area (Å²) in [7, 11) is 0. The Hall–Kier alpha value is -1.42. The highest BCUT2D eigenvalue weighted by molar-refractivity contribution is 6.30. The Balaban J connectivity index is 0.00000176. The average Bonchev–Trinajstić information content (AvgIpc) is 2.55. The Morgan fingerprint density at radius 1 is 1.05 bits per heavy atom. The molecule has 1 heterocycles. The zero-order valence-corrected chi connectivity index (χ0v) is 13.9. The lowest BCUT2D eigenvalue weighted by molar-refractivity contribution is 0.306. The van der Waals surface area contributed by atoms with Gasteiger partial charge in [-0.3, -0.25) is 0 Å². The third kappa shape index (κ3) is 4.54. The van der Waals surface area contributed by atoms with E-state index in [9.17, 15) is 0 Å². The minimum Gasteiger partial charge on any atom is -0.489 e. The van der Waals surface area contributed by atoms with Crippen molar-refractivity contribution in [3.63, 3.8) is 0 Å². The van der Waals surface area contributed by atoms with Crippen LogP contribution in [0.4, 0.5) is 5.69 Å². The predicted molar refractivity (Wildman–Crippen MR) is 94.6 cm³/mol.